The van der Waals surface area contributed by atoms with Crippen molar-refractivity contribution >= 4 is 33.7 Å². The highest BCUT2D eigenvalue weighted by Crippen LogP contribution is 2.34. The smallest absolute Gasteiger partial charge is 0.337 e. The first-order chi connectivity index (χ1) is 9.63. The summed E-state index contributed by atoms with van der Waals surface area (Å²) in [5, 5.41) is 0. The normalized spacial score (nSPS) is 10.3. The summed E-state index contributed by atoms with van der Waals surface area (Å²) < 4.78 is 5.78. The number of esters is 1. The maximum absolute atomic E-state index is 11.4. The molecule has 2 aromatic rings. The summed E-state index contributed by atoms with van der Waals surface area (Å²) in [6.45, 7) is 2.14. The van der Waals surface area contributed by atoms with Gasteiger partial charge < -0.3 is 4.74 Å². The number of carbonyl (C=O) groups is 1. The summed E-state index contributed by atoms with van der Waals surface area (Å²) in [7, 11) is 1.39. The number of ether oxygens (including phenoxy) is 1. The van der Waals surface area contributed by atoms with E-state index in [4.69, 9.17) is 0 Å². The van der Waals surface area contributed by atoms with E-state index in [1.807, 2.05) is 12.1 Å². The van der Waals surface area contributed by atoms with Crippen molar-refractivity contribution in [1.82, 2.24) is 0 Å². The van der Waals surface area contributed by atoms with Crippen LogP contribution in [0.15, 0.2) is 56.7 Å². The lowest BCUT2D eigenvalue weighted by Crippen LogP contribution is -2.00. The van der Waals surface area contributed by atoms with E-state index in [1.165, 1.54) is 12.7 Å². The summed E-state index contributed by atoms with van der Waals surface area (Å²) in [6, 6.07) is 13.8. The highest BCUT2D eigenvalue weighted by molar-refractivity contribution is 9.10. The number of halogens is 1. The van der Waals surface area contributed by atoms with E-state index in [0.29, 0.717) is 5.56 Å². The van der Waals surface area contributed by atoms with E-state index in [9.17, 15) is 4.79 Å². The van der Waals surface area contributed by atoms with E-state index in [0.717, 1.165) is 20.7 Å². The predicted molar refractivity (Wildman–Crippen MR) is 85.4 cm³/mol. The van der Waals surface area contributed by atoms with Crippen LogP contribution in [0.2, 0.25) is 0 Å². The Morgan fingerprint density at radius 3 is 2.45 bits per heavy atom. The maximum atomic E-state index is 11.4. The molecule has 0 heterocycles. The zero-order valence-electron chi connectivity index (χ0n) is 11.4. The lowest BCUT2D eigenvalue weighted by Gasteiger charge is -2.07. The number of aryl methyl sites for hydroxylation is 1. The first-order valence-corrected chi connectivity index (χ1v) is 7.89. The van der Waals surface area contributed by atoms with Gasteiger partial charge in [-0.3, -0.25) is 0 Å². The molecule has 20 heavy (non-hydrogen) atoms. The second-order valence-corrected chi connectivity index (χ2v) is 6.21. The largest absolute Gasteiger partial charge is 0.465 e. The molecule has 0 aliphatic carbocycles. The fourth-order valence-corrected chi connectivity index (χ4v) is 3.24. The first kappa shape index (κ1) is 15.1. The Balaban J connectivity index is 2.16. The minimum absolute atomic E-state index is 0.310. The number of benzene rings is 2. The second kappa shape index (κ2) is 6.95. The Morgan fingerprint density at radius 1 is 1.20 bits per heavy atom. The van der Waals surface area contributed by atoms with Crippen LogP contribution in [0.1, 0.15) is 22.8 Å². The minimum atomic E-state index is -0.310. The van der Waals surface area contributed by atoms with Gasteiger partial charge in [0.05, 0.1) is 12.7 Å². The van der Waals surface area contributed by atoms with E-state index in [1.54, 1.807) is 23.9 Å². The predicted octanol–water partition coefficient (Wildman–Crippen LogP) is 4.95. The van der Waals surface area contributed by atoms with Crippen molar-refractivity contribution in [3.05, 3.63) is 58.1 Å². The van der Waals surface area contributed by atoms with Crippen molar-refractivity contribution in [3.8, 4) is 0 Å². The average Bonchev–Trinajstić information content (AvgIpc) is 2.49. The van der Waals surface area contributed by atoms with Gasteiger partial charge in [-0.15, -0.1) is 0 Å². The zero-order chi connectivity index (χ0) is 14.5. The van der Waals surface area contributed by atoms with Crippen LogP contribution in [0.5, 0.6) is 0 Å². The maximum Gasteiger partial charge on any atom is 0.337 e. The molecule has 0 saturated carbocycles. The molecule has 2 nitrogen and oxygen atoms in total. The zero-order valence-corrected chi connectivity index (χ0v) is 13.8. The Morgan fingerprint density at radius 2 is 1.90 bits per heavy atom. The fraction of sp³-hybridized carbons (Fsp3) is 0.188. The molecule has 0 unspecified atom stereocenters. The Labute approximate surface area is 131 Å². The Kier molecular flexibility index (Phi) is 5.26. The number of carbonyl (C=O) groups excluding carboxylic acids is 1. The van der Waals surface area contributed by atoms with Crippen LogP contribution in [-0.2, 0) is 11.2 Å². The lowest BCUT2D eigenvalue weighted by atomic mass is 10.2. The third-order valence-corrected chi connectivity index (χ3v) is 4.91. The van der Waals surface area contributed by atoms with Crippen molar-refractivity contribution < 1.29 is 9.53 Å². The standard InChI is InChI=1S/C16H15BrO2S/c1-3-11-4-9-15(14(17)10-11)20-13-7-5-12(6-8-13)16(18)19-2/h4-10H,3H2,1-2H3. The highest BCUT2D eigenvalue weighted by Gasteiger charge is 2.07. The minimum Gasteiger partial charge on any atom is -0.465 e. The molecule has 0 spiro atoms. The van der Waals surface area contributed by atoms with Crippen LogP contribution < -0.4 is 0 Å². The van der Waals surface area contributed by atoms with E-state index in [-0.39, 0.29) is 5.97 Å². The van der Waals surface area contributed by atoms with Gasteiger partial charge in [0.1, 0.15) is 0 Å². The van der Waals surface area contributed by atoms with Crippen LogP contribution in [0.3, 0.4) is 0 Å². The molecule has 0 radical (unpaired) electrons. The van der Waals surface area contributed by atoms with Gasteiger partial charge in [0.15, 0.2) is 0 Å². The van der Waals surface area contributed by atoms with Gasteiger partial charge >= 0.3 is 5.97 Å². The van der Waals surface area contributed by atoms with Gasteiger partial charge in [-0.1, -0.05) is 24.8 Å². The molecule has 4 heteroatoms. The average molecular weight is 351 g/mol. The molecule has 0 atom stereocenters. The molecule has 0 amide bonds. The van der Waals surface area contributed by atoms with Gasteiger partial charge in [-0.05, 0) is 64.3 Å². The molecule has 0 aliphatic rings. The van der Waals surface area contributed by atoms with E-state index < -0.39 is 0 Å². The molecule has 104 valence electrons. The number of rotatable bonds is 4. The van der Waals surface area contributed by atoms with Crippen LogP contribution >= 0.6 is 27.7 Å². The molecule has 2 rings (SSSR count). The van der Waals surface area contributed by atoms with Crippen molar-refractivity contribution in [1.29, 1.82) is 0 Å². The van der Waals surface area contributed by atoms with Gasteiger partial charge in [0, 0.05) is 14.3 Å². The molecule has 0 aromatic heterocycles. The van der Waals surface area contributed by atoms with Crippen LogP contribution in [0, 0.1) is 0 Å². The molecular formula is C16H15BrO2S. The van der Waals surface area contributed by atoms with Crippen molar-refractivity contribution in [2.24, 2.45) is 0 Å². The molecule has 0 saturated heterocycles. The van der Waals surface area contributed by atoms with Gasteiger partial charge in [-0.2, -0.15) is 0 Å². The highest BCUT2D eigenvalue weighted by atomic mass is 79.9. The number of methoxy groups -OCH3 is 1. The van der Waals surface area contributed by atoms with Crippen LogP contribution in [0.25, 0.3) is 0 Å². The van der Waals surface area contributed by atoms with Crippen LogP contribution in [0.4, 0.5) is 0 Å². The van der Waals surface area contributed by atoms with Gasteiger partial charge in [0.2, 0.25) is 0 Å². The third kappa shape index (κ3) is 3.64. The van der Waals surface area contributed by atoms with E-state index in [2.05, 4.69) is 45.8 Å². The number of hydrogen-bond donors (Lipinski definition) is 0. The van der Waals surface area contributed by atoms with E-state index >= 15 is 0 Å². The Bertz CT molecular complexity index is 608. The summed E-state index contributed by atoms with van der Waals surface area (Å²) in [6.07, 6.45) is 1.03. The quantitative estimate of drug-likeness (QED) is 0.729. The molecule has 0 aliphatic heterocycles. The lowest BCUT2D eigenvalue weighted by molar-refractivity contribution is 0.0600. The fourth-order valence-electron chi connectivity index (χ4n) is 1.75. The molecule has 0 fully saturated rings. The second-order valence-electron chi connectivity index (χ2n) is 4.24. The molecule has 0 N–H and O–H groups in total. The first-order valence-electron chi connectivity index (χ1n) is 6.28. The summed E-state index contributed by atoms with van der Waals surface area (Å²) >= 11 is 5.26. The molecular weight excluding hydrogens is 336 g/mol. The number of hydrogen-bond acceptors (Lipinski definition) is 3. The van der Waals surface area contributed by atoms with Crippen molar-refractivity contribution in [2.45, 2.75) is 23.1 Å². The summed E-state index contributed by atoms with van der Waals surface area (Å²) in [4.78, 5) is 13.6. The summed E-state index contributed by atoms with van der Waals surface area (Å²) in [5.74, 6) is -0.310. The SMILES string of the molecule is CCc1ccc(Sc2ccc(C(=O)OC)cc2)c(Br)c1. The Hall–Kier alpha value is -1.26. The van der Waals surface area contributed by atoms with Gasteiger partial charge in [0.25, 0.3) is 0 Å². The monoisotopic (exact) mass is 350 g/mol. The van der Waals surface area contributed by atoms with Crippen LogP contribution in [-0.4, -0.2) is 13.1 Å². The molecule has 0 bridgehead atoms. The third-order valence-electron chi connectivity index (χ3n) is 2.91. The van der Waals surface area contributed by atoms with Crippen molar-refractivity contribution in [3.63, 3.8) is 0 Å². The van der Waals surface area contributed by atoms with Gasteiger partial charge in [-0.25, -0.2) is 4.79 Å². The van der Waals surface area contributed by atoms with Crippen molar-refractivity contribution in [2.75, 3.05) is 7.11 Å². The molecule has 2 aromatic carbocycles. The topological polar surface area (TPSA) is 26.3 Å². The summed E-state index contributed by atoms with van der Waals surface area (Å²) in [5.41, 5.74) is 1.87.